The zero-order valence-corrected chi connectivity index (χ0v) is 17.2. The molecule has 1 saturated heterocycles. The number of carbonyl (C=O) groups excluding carboxylic acids is 3. The van der Waals surface area contributed by atoms with Crippen molar-refractivity contribution in [3.63, 3.8) is 0 Å². The van der Waals surface area contributed by atoms with Gasteiger partial charge in [0.2, 0.25) is 11.8 Å². The molecule has 2 aliphatic rings. The van der Waals surface area contributed by atoms with Crippen LogP contribution in [0.3, 0.4) is 0 Å². The van der Waals surface area contributed by atoms with Gasteiger partial charge in [-0.3, -0.25) is 24.5 Å². The van der Waals surface area contributed by atoms with Gasteiger partial charge in [0.05, 0.1) is 32.8 Å². The topological polar surface area (TPSA) is 122 Å². The van der Waals surface area contributed by atoms with Crippen molar-refractivity contribution < 1.29 is 33.8 Å². The van der Waals surface area contributed by atoms with Crippen LogP contribution in [-0.4, -0.2) is 71.9 Å². The van der Waals surface area contributed by atoms with Gasteiger partial charge in [-0.05, 0) is 24.1 Å². The highest BCUT2D eigenvalue weighted by atomic mass is 32.2. The van der Waals surface area contributed by atoms with Crippen molar-refractivity contribution in [3.8, 4) is 0 Å². The minimum absolute atomic E-state index is 0.0243. The molecular formula is C20H24N2O7S. The van der Waals surface area contributed by atoms with Gasteiger partial charge in [-0.15, -0.1) is 11.8 Å². The van der Waals surface area contributed by atoms with Crippen molar-refractivity contribution in [2.75, 3.05) is 32.2 Å². The Labute approximate surface area is 178 Å². The van der Waals surface area contributed by atoms with Crippen LogP contribution in [0.15, 0.2) is 23.1 Å². The fourth-order valence-electron chi connectivity index (χ4n) is 3.38. The average Bonchev–Trinajstić information content (AvgIpc) is 3.04. The molecule has 30 heavy (non-hydrogen) atoms. The van der Waals surface area contributed by atoms with Crippen LogP contribution in [0, 0.1) is 0 Å². The van der Waals surface area contributed by atoms with Crippen molar-refractivity contribution in [1.29, 1.82) is 0 Å². The Balaban J connectivity index is 1.46. The fraction of sp³-hybridized carbons (Fsp3) is 0.500. The van der Waals surface area contributed by atoms with Crippen molar-refractivity contribution in [2.24, 2.45) is 0 Å². The molecule has 1 unspecified atom stereocenters. The van der Waals surface area contributed by atoms with Gasteiger partial charge >= 0.3 is 5.97 Å². The number of ether oxygens (including phenoxy) is 2. The summed E-state index contributed by atoms with van der Waals surface area (Å²) in [5.41, 5.74) is 1.49. The van der Waals surface area contributed by atoms with E-state index in [9.17, 15) is 19.2 Å². The van der Waals surface area contributed by atoms with Crippen LogP contribution in [0.4, 0.5) is 0 Å². The predicted molar refractivity (Wildman–Crippen MR) is 107 cm³/mol. The van der Waals surface area contributed by atoms with Crippen molar-refractivity contribution in [3.05, 3.63) is 29.3 Å². The standard InChI is InChI=1S/C20H24N2O7S/c23-17-5-4-15(19(26)21-17)22-12-14-13(20(22)27)2-1-3-16(14)30-11-10-29-9-8-28-7-6-18(24)25/h1-3,15H,4-12H2,(H,24,25)(H,21,23,26). The van der Waals surface area contributed by atoms with Crippen LogP contribution in [0.1, 0.15) is 35.2 Å². The minimum atomic E-state index is -0.891. The predicted octanol–water partition coefficient (Wildman–Crippen LogP) is 1.05. The highest BCUT2D eigenvalue weighted by Crippen LogP contribution is 2.34. The molecule has 10 heteroatoms. The van der Waals surface area contributed by atoms with Crippen molar-refractivity contribution in [2.45, 2.75) is 36.7 Å². The maximum absolute atomic E-state index is 12.8. The number of piperidine rings is 1. The Morgan fingerprint density at radius 2 is 1.93 bits per heavy atom. The Morgan fingerprint density at radius 1 is 1.17 bits per heavy atom. The molecule has 2 heterocycles. The summed E-state index contributed by atoms with van der Waals surface area (Å²) in [6, 6.07) is 4.91. The molecule has 1 aromatic carbocycles. The summed E-state index contributed by atoms with van der Waals surface area (Å²) in [6.07, 6.45) is 0.550. The maximum Gasteiger partial charge on any atom is 0.305 e. The van der Waals surface area contributed by atoms with Gasteiger partial charge in [0, 0.05) is 29.2 Å². The smallest absolute Gasteiger partial charge is 0.305 e. The van der Waals surface area contributed by atoms with Gasteiger partial charge in [0.25, 0.3) is 5.91 Å². The van der Waals surface area contributed by atoms with Crippen LogP contribution in [-0.2, 0) is 30.4 Å². The molecule has 3 rings (SSSR count). The molecular weight excluding hydrogens is 412 g/mol. The lowest BCUT2D eigenvalue weighted by Crippen LogP contribution is -2.52. The summed E-state index contributed by atoms with van der Waals surface area (Å²) in [7, 11) is 0. The molecule has 2 N–H and O–H groups in total. The number of fused-ring (bicyclic) bond motifs is 1. The molecule has 3 amide bonds. The number of imide groups is 1. The number of nitrogens with one attached hydrogen (secondary N) is 1. The molecule has 0 aromatic heterocycles. The minimum Gasteiger partial charge on any atom is -0.481 e. The third kappa shape index (κ3) is 5.59. The Bertz CT molecular complexity index is 829. The first kappa shape index (κ1) is 22.3. The molecule has 0 spiro atoms. The molecule has 1 fully saturated rings. The third-order valence-electron chi connectivity index (χ3n) is 4.86. The number of aliphatic carboxylic acids is 1. The second-order valence-corrected chi connectivity index (χ2v) is 8.04. The number of benzene rings is 1. The zero-order valence-electron chi connectivity index (χ0n) is 16.4. The first-order valence-electron chi connectivity index (χ1n) is 9.74. The normalized spacial score (nSPS) is 18.5. The first-order valence-corrected chi connectivity index (χ1v) is 10.7. The maximum atomic E-state index is 12.8. The van der Waals surface area contributed by atoms with Crippen LogP contribution >= 0.6 is 11.8 Å². The van der Waals surface area contributed by atoms with E-state index >= 15 is 0 Å². The summed E-state index contributed by atoms with van der Waals surface area (Å²) in [5, 5.41) is 10.8. The monoisotopic (exact) mass is 436 g/mol. The number of thioether (sulfide) groups is 1. The van der Waals surface area contributed by atoms with E-state index in [0.717, 1.165) is 10.5 Å². The quantitative estimate of drug-likeness (QED) is 0.300. The van der Waals surface area contributed by atoms with E-state index in [4.69, 9.17) is 14.6 Å². The molecule has 9 nitrogen and oxygen atoms in total. The van der Waals surface area contributed by atoms with Crippen molar-refractivity contribution in [1.82, 2.24) is 10.2 Å². The molecule has 1 aromatic rings. The number of carboxylic acid groups (broad SMARTS) is 1. The molecule has 0 radical (unpaired) electrons. The highest BCUT2D eigenvalue weighted by Gasteiger charge is 2.39. The van der Waals surface area contributed by atoms with E-state index in [0.29, 0.717) is 44.1 Å². The van der Waals surface area contributed by atoms with Gasteiger partial charge in [-0.2, -0.15) is 0 Å². The van der Waals surface area contributed by atoms with Gasteiger partial charge in [0.15, 0.2) is 0 Å². The van der Waals surface area contributed by atoms with Gasteiger partial charge in [-0.25, -0.2) is 0 Å². The first-order chi connectivity index (χ1) is 14.5. The Kier molecular flexibility index (Phi) is 7.83. The fourth-order valence-corrected chi connectivity index (χ4v) is 4.33. The highest BCUT2D eigenvalue weighted by molar-refractivity contribution is 7.99. The second kappa shape index (κ2) is 10.6. The zero-order chi connectivity index (χ0) is 21.5. The number of carbonyl (C=O) groups is 4. The van der Waals surface area contributed by atoms with Gasteiger partial charge in [0.1, 0.15) is 6.04 Å². The molecule has 2 aliphatic heterocycles. The summed E-state index contributed by atoms with van der Waals surface area (Å²) in [5.74, 6) is -1.11. The van der Waals surface area contributed by atoms with Crippen LogP contribution in [0.2, 0.25) is 0 Å². The van der Waals surface area contributed by atoms with E-state index in [-0.39, 0.29) is 31.3 Å². The van der Waals surface area contributed by atoms with E-state index in [1.807, 2.05) is 12.1 Å². The molecule has 162 valence electrons. The second-order valence-electron chi connectivity index (χ2n) is 6.90. The lowest BCUT2D eigenvalue weighted by molar-refractivity contribution is -0.139. The molecule has 0 bridgehead atoms. The van der Waals surface area contributed by atoms with E-state index in [2.05, 4.69) is 5.32 Å². The Hall–Kier alpha value is -2.43. The summed E-state index contributed by atoms with van der Waals surface area (Å²) >= 11 is 1.57. The molecule has 0 aliphatic carbocycles. The SMILES string of the molecule is O=C(O)CCOCCOCCSc1cccc2c1CN(C1CCC(=O)NC1=O)C2=O. The van der Waals surface area contributed by atoms with E-state index < -0.39 is 17.9 Å². The largest absolute Gasteiger partial charge is 0.481 e. The van der Waals surface area contributed by atoms with E-state index in [1.54, 1.807) is 22.7 Å². The van der Waals surface area contributed by atoms with Crippen LogP contribution in [0.25, 0.3) is 0 Å². The lowest BCUT2D eigenvalue weighted by Gasteiger charge is -2.29. The van der Waals surface area contributed by atoms with Crippen molar-refractivity contribution >= 4 is 35.5 Å². The lowest BCUT2D eigenvalue weighted by atomic mass is 10.0. The number of rotatable bonds is 11. The molecule has 0 saturated carbocycles. The van der Waals surface area contributed by atoms with Gasteiger partial charge < -0.3 is 19.5 Å². The van der Waals surface area contributed by atoms with Gasteiger partial charge in [-0.1, -0.05) is 6.07 Å². The van der Waals surface area contributed by atoms with Crippen LogP contribution in [0.5, 0.6) is 0 Å². The summed E-state index contributed by atoms with van der Waals surface area (Å²) in [6.45, 7) is 1.73. The summed E-state index contributed by atoms with van der Waals surface area (Å²) < 4.78 is 10.6. The van der Waals surface area contributed by atoms with Crippen LogP contribution < -0.4 is 5.32 Å². The average molecular weight is 436 g/mol. The Morgan fingerprint density at radius 3 is 2.67 bits per heavy atom. The third-order valence-corrected chi connectivity index (χ3v) is 5.92. The van der Waals surface area contributed by atoms with E-state index in [1.165, 1.54) is 0 Å². The number of amides is 3. The number of nitrogens with zero attached hydrogens (tertiary/aromatic N) is 1. The number of carboxylic acids is 1. The molecule has 1 atom stereocenters. The number of hydrogen-bond donors (Lipinski definition) is 2. The number of hydrogen-bond acceptors (Lipinski definition) is 7. The summed E-state index contributed by atoms with van der Waals surface area (Å²) in [4.78, 5) is 49.2.